The first-order valence-electron chi connectivity index (χ1n) is 21.5. The molecule has 0 saturated heterocycles. The molecule has 0 fully saturated rings. The molecule has 0 unspecified atom stereocenters. The molecule has 0 N–H and O–H groups in total. The van der Waals surface area contributed by atoms with Gasteiger partial charge < -0.3 is 18.8 Å². The molecule has 0 saturated carbocycles. The molecule has 10 aromatic rings. The summed E-state index contributed by atoms with van der Waals surface area (Å²) < 4.78 is 9.53. The number of furan rings is 1. The minimum Gasteiger partial charge on any atom is -0.454 e. The first kappa shape index (κ1) is 34.6. The zero-order valence-corrected chi connectivity index (χ0v) is 34.9. The Balaban J connectivity index is 1.16. The van der Waals surface area contributed by atoms with Crippen molar-refractivity contribution in [1.82, 2.24) is 4.57 Å². The number of rotatable bonds is 4. The predicted octanol–water partition coefficient (Wildman–Crippen LogP) is 12.8. The molecule has 1 aliphatic carbocycles. The van der Waals surface area contributed by atoms with Gasteiger partial charge in [-0.05, 0) is 114 Å². The third kappa shape index (κ3) is 4.50. The number of aryl methyl sites for hydroxylation is 3. The van der Waals surface area contributed by atoms with E-state index in [0.29, 0.717) is 0 Å². The van der Waals surface area contributed by atoms with Gasteiger partial charge in [-0.3, -0.25) is 0 Å². The maximum atomic E-state index is 6.90. The van der Waals surface area contributed by atoms with Crippen LogP contribution < -0.4 is 26.2 Å². The van der Waals surface area contributed by atoms with Crippen molar-refractivity contribution >= 4 is 90.1 Å². The van der Waals surface area contributed by atoms with Crippen molar-refractivity contribution in [2.24, 2.45) is 0 Å². The third-order valence-electron chi connectivity index (χ3n) is 14.0. The van der Waals surface area contributed by atoms with E-state index in [1.165, 1.54) is 77.7 Å². The van der Waals surface area contributed by atoms with Crippen LogP contribution in [0.2, 0.25) is 0 Å². The molecule has 4 heterocycles. The van der Waals surface area contributed by atoms with Gasteiger partial charge in [0.05, 0.1) is 11.4 Å². The highest BCUT2D eigenvalue weighted by Gasteiger charge is 2.47. The molecule has 0 spiro atoms. The van der Waals surface area contributed by atoms with Gasteiger partial charge in [-0.1, -0.05) is 129 Å². The Morgan fingerprint density at radius 2 is 1.23 bits per heavy atom. The molecule has 2 aromatic heterocycles. The lowest BCUT2D eigenvalue weighted by Crippen LogP contribution is -2.60. The van der Waals surface area contributed by atoms with E-state index in [0.717, 1.165) is 50.4 Å². The molecule has 61 heavy (non-hydrogen) atoms. The number of para-hydroxylation sites is 5. The lowest BCUT2D eigenvalue weighted by molar-refractivity contribution is 0.666. The summed E-state index contributed by atoms with van der Waals surface area (Å²) in [5, 5.41) is 3.59. The molecular formula is C56H42BN3O. The van der Waals surface area contributed by atoms with Crippen LogP contribution in [0.5, 0.6) is 0 Å². The average Bonchev–Trinajstić information content (AvgIpc) is 3.91. The zero-order valence-electron chi connectivity index (χ0n) is 34.9. The molecule has 3 aliphatic rings. The topological polar surface area (TPSA) is 24.6 Å². The Hall–Kier alpha value is -7.24. The van der Waals surface area contributed by atoms with Gasteiger partial charge in [0.1, 0.15) is 5.58 Å². The molecule has 13 rings (SSSR count). The summed E-state index contributed by atoms with van der Waals surface area (Å²) in [7, 11) is 0. The molecule has 0 bridgehead atoms. The van der Waals surface area contributed by atoms with E-state index in [1.807, 2.05) is 0 Å². The van der Waals surface area contributed by atoms with Crippen LogP contribution >= 0.6 is 0 Å². The summed E-state index contributed by atoms with van der Waals surface area (Å²) in [5.41, 5.74) is 24.1. The smallest absolute Gasteiger partial charge is 0.252 e. The molecule has 290 valence electrons. The molecule has 8 aromatic carbocycles. The van der Waals surface area contributed by atoms with Gasteiger partial charge in [0, 0.05) is 66.8 Å². The fourth-order valence-electron chi connectivity index (χ4n) is 11.4. The summed E-state index contributed by atoms with van der Waals surface area (Å²) >= 11 is 0. The first-order valence-corrected chi connectivity index (χ1v) is 21.5. The Labute approximate surface area is 356 Å². The lowest BCUT2D eigenvalue weighted by atomic mass is 9.33. The predicted molar refractivity (Wildman–Crippen MR) is 256 cm³/mol. The summed E-state index contributed by atoms with van der Waals surface area (Å²) in [5.74, 6) is 0. The molecule has 0 atom stereocenters. The lowest BCUT2D eigenvalue weighted by Gasteiger charge is -2.41. The Bertz CT molecular complexity index is 3490. The van der Waals surface area contributed by atoms with Crippen LogP contribution in [0, 0.1) is 20.8 Å². The second-order valence-corrected chi connectivity index (χ2v) is 17.9. The summed E-state index contributed by atoms with van der Waals surface area (Å²) in [6.45, 7) is 11.5. The second kappa shape index (κ2) is 12.2. The second-order valence-electron chi connectivity index (χ2n) is 17.9. The number of fused-ring (bicyclic) bond motifs is 12. The van der Waals surface area contributed by atoms with E-state index >= 15 is 0 Å². The number of hydrogen-bond acceptors (Lipinski definition) is 3. The van der Waals surface area contributed by atoms with Gasteiger partial charge in [-0.2, -0.15) is 0 Å². The van der Waals surface area contributed by atoms with Crippen LogP contribution in [0.1, 0.15) is 41.7 Å². The maximum Gasteiger partial charge on any atom is 0.252 e. The van der Waals surface area contributed by atoms with Crippen molar-refractivity contribution < 1.29 is 4.42 Å². The van der Waals surface area contributed by atoms with Crippen molar-refractivity contribution in [1.29, 1.82) is 0 Å². The quantitative estimate of drug-likeness (QED) is 0.166. The van der Waals surface area contributed by atoms with Crippen molar-refractivity contribution in [2.45, 2.75) is 40.0 Å². The number of hydrogen-bond donors (Lipinski definition) is 0. The van der Waals surface area contributed by atoms with Gasteiger partial charge in [-0.15, -0.1) is 0 Å². The Morgan fingerprint density at radius 1 is 0.557 bits per heavy atom. The number of anilines is 6. The van der Waals surface area contributed by atoms with Crippen LogP contribution in [0.15, 0.2) is 168 Å². The van der Waals surface area contributed by atoms with E-state index in [-0.39, 0.29) is 12.1 Å². The van der Waals surface area contributed by atoms with Crippen molar-refractivity contribution in [3.8, 4) is 16.9 Å². The van der Waals surface area contributed by atoms with Gasteiger partial charge in [-0.25, -0.2) is 0 Å². The van der Waals surface area contributed by atoms with Crippen molar-refractivity contribution in [3.05, 3.63) is 192 Å². The standard InChI is InChI=1S/C56H42BN3O/c1-33-30-48-52-49(31-33)60-53-40(51-54(60)39-19-8-10-22-41(39)56(51,4)5)21-14-23-43(53)57(52)42-29-28-36(58(44-24-11-6-16-34(44)2)45-25-12-7-17-35(45)3)32-47(42)59(48)46-26-15-20-38-37-18-9-13-27-50(37)61-55(38)46/h6-32H,1-5H3. The van der Waals surface area contributed by atoms with E-state index in [2.05, 4.69) is 213 Å². The SMILES string of the molecule is Cc1cc2c3c(c1)-n1c4c(c5cccc(c51)B3c1ccc(N(c3ccccc3C)c3ccccc3C)cc1N2c1cccc2c1oc1ccccc12)C(C)(C)c1ccccc1-4. The molecular weight excluding hydrogens is 741 g/mol. The van der Waals surface area contributed by atoms with E-state index in [4.69, 9.17) is 4.42 Å². The minimum atomic E-state index is -0.148. The Morgan fingerprint density at radius 3 is 2.03 bits per heavy atom. The van der Waals surface area contributed by atoms with Crippen LogP contribution in [-0.2, 0) is 5.41 Å². The monoisotopic (exact) mass is 783 g/mol. The van der Waals surface area contributed by atoms with Crippen LogP contribution in [0.25, 0.3) is 49.8 Å². The number of aromatic nitrogens is 1. The van der Waals surface area contributed by atoms with Gasteiger partial charge in [0.25, 0.3) is 6.71 Å². The summed E-state index contributed by atoms with van der Waals surface area (Å²) in [6.07, 6.45) is 0. The summed E-state index contributed by atoms with van der Waals surface area (Å²) in [4.78, 5) is 4.96. The minimum absolute atomic E-state index is 0.00994. The average molecular weight is 784 g/mol. The van der Waals surface area contributed by atoms with Crippen molar-refractivity contribution in [2.75, 3.05) is 9.80 Å². The zero-order chi connectivity index (χ0) is 40.9. The van der Waals surface area contributed by atoms with Gasteiger partial charge in [0.2, 0.25) is 0 Å². The molecule has 2 aliphatic heterocycles. The van der Waals surface area contributed by atoms with E-state index in [1.54, 1.807) is 0 Å². The van der Waals surface area contributed by atoms with E-state index in [9.17, 15) is 0 Å². The molecule has 5 heteroatoms. The van der Waals surface area contributed by atoms with E-state index < -0.39 is 0 Å². The highest BCUT2D eigenvalue weighted by Crippen LogP contribution is 2.55. The molecule has 4 nitrogen and oxygen atoms in total. The van der Waals surface area contributed by atoms with Crippen molar-refractivity contribution in [3.63, 3.8) is 0 Å². The largest absolute Gasteiger partial charge is 0.454 e. The van der Waals surface area contributed by atoms with Gasteiger partial charge >= 0.3 is 0 Å². The van der Waals surface area contributed by atoms with Crippen LogP contribution in [0.4, 0.5) is 34.1 Å². The van der Waals surface area contributed by atoms with Gasteiger partial charge in [0.15, 0.2) is 5.58 Å². The highest BCUT2D eigenvalue weighted by molar-refractivity contribution is 7.00. The molecule has 0 radical (unpaired) electrons. The first-order chi connectivity index (χ1) is 29.8. The maximum absolute atomic E-state index is 6.90. The van der Waals surface area contributed by atoms with Crippen LogP contribution in [-0.4, -0.2) is 11.3 Å². The Kier molecular flexibility index (Phi) is 6.91. The van der Waals surface area contributed by atoms with Crippen LogP contribution in [0.3, 0.4) is 0 Å². The normalized spacial score (nSPS) is 14.0. The number of benzene rings is 8. The fraction of sp³-hybridized carbons (Fsp3) is 0.107. The third-order valence-corrected chi connectivity index (χ3v) is 14.0. The highest BCUT2D eigenvalue weighted by atomic mass is 16.3. The molecule has 0 amide bonds. The fourth-order valence-corrected chi connectivity index (χ4v) is 11.4. The summed E-state index contributed by atoms with van der Waals surface area (Å²) in [6, 6.07) is 60.7. The number of nitrogens with zero attached hydrogens (tertiary/aromatic N) is 3.